The fourth-order valence-corrected chi connectivity index (χ4v) is 0.977. The van der Waals surface area contributed by atoms with Gasteiger partial charge in [0.1, 0.15) is 0 Å². The number of hydrogen-bond acceptors (Lipinski definition) is 0. The minimum absolute atomic E-state index is 0.833. The smallest absolute Gasteiger partial charge is 0.0241 e. The molecule has 0 saturated carbocycles. The molecule has 0 aromatic rings. The number of terminal acetylenes is 1. The molecule has 0 fully saturated rings. The van der Waals surface area contributed by atoms with Crippen LogP contribution in [-0.2, 0) is 0 Å². The van der Waals surface area contributed by atoms with E-state index in [1.165, 1.54) is 12.8 Å². The van der Waals surface area contributed by atoms with Crippen molar-refractivity contribution in [3.8, 4) is 12.8 Å². The molecule has 0 aromatic heterocycles. The lowest BCUT2D eigenvalue weighted by atomic mass is 10.0. The van der Waals surface area contributed by atoms with Gasteiger partial charge in [-0.3, -0.25) is 0 Å². The lowest BCUT2D eigenvalue weighted by Gasteiger charge is -2.14. The van der Waals surface area contributed by atoms with E-state index in [4.69, 9.17) is 0 Å². The fraction of sp³-hybridized carbons (Fsp3) is 0.846. The van der Waals surface area contributed by atoms with Gasteiger partial charge < -0.3 is 0 Å². The molecule has 0 aliphatic rings. The molecule has 3 unspecified atom stereocenters. The summed E-state index contributed by atoms with van der Waals surface area (Å²) in [7, 11) is 2.89. The third-order valence-electron chi connectivity index (χ3n) is 1.85. The van der Waals surface area contributed by atoms with Crippen LogP contribution < -0.4 is 0 Å². The van der Waals surface area contributed by atoms with Gasteiger partial charge in [0.05, 0.1) is 0 Å². The van der Waals surface area contributed by atoms with Crippen LogP contribution in [0.1, 0.15) is 61.3 Å². The van der Waals surface area contributed by atoms with Gasteiger partial charge in [-0.05, 0) is 18.0 Å². The second kappa shape index (κ2) is 29.3. The maximum absolute atomic E-state index is 4.00. The predicted octanol–water partition coefficient (Wildman–Crippen LogP) is 4.99. The first-order chi connectivity index (χ1) is 6.72. The predicted molar refractivity (Wildman–Crippen MR) is 75.8 cm³/mol. The first kappa shape index (κ1) is 23.7. The maximum atomic E-state index is 4.00. The Morgan fingerprint density at radius 1 is 0.929 bits per heavy atom. The Balaban J connectivity index is -0.0000000708. The maximum Gasteiger partial charge on any atom is -0.0241 e. The van der Waals surface area contributed by atoms with Crippen LogP contribution in [0.3, 0.4) is 0 Å². The molecule has 0 aliphatic carbocycles. The van der Waals surface area contributed by atoms with Gasteiger partial charge in [-0.25, -0.2) is 0 Å². The topological polar surface area (TPSA) is 0 Å². The van der Waals surface area contributed by atoms with E-state index in [9.17, 15) is 0 Å². The Morgan fingerprint density at radius 2 is 1.21 bits per heavy atom. The molecule has 0 saturated heterocycles. The Hall–Kier alpha value is -0.0100. The number of hydrogen-bond donors (Lipinski definition) is 0. The second-order valence-electron chi connectivity index (χ2n) is 2.46. The molecule has 0 heterocycles. The summed E-state index contributed by atoms with van der Waals surface area (Å²) in [5.41, 5.74) is 0.833. The molecular weight excluding hydrogens is 187 g/mol. The van der Waals surface area contributed by atoms with E-state index < -0.39 is 0 Å². The molecule has 0 amide bonds. The van der Waals surface area contributed by atoms with Crippen molar-refractivity contribution in [2.75, 3.05) is 0 Å². The lowest BCUT2D eigenvalue weighted by Crippen LogP contribution is -2.07. The minimum Gasteiger partial charge on any atom is -0.134 e. The second-order valence-corrected chi connectivity index (χ2v) is 3.31. The van der Waals surface area contributed by atoms with Crippen molar-refractivity contribution in [3.05, 3.63) is 0 Å². The highest BCUT2D eigenvalue weighted by atomic mass is 31.0. The monoisotopic (exact) mass is 218 g/mol. The van der Waals surface area contributed by atoms with E-state index in [1.54, 1.807) is 0 Å². The highest BCUT2D eigenvalue weighted by Crippen LogP contribution is 2.18. The summed E-state index contributed by atoms with van der Waals surface area (Å²) in [5.74, 6) is 0.880. The van der Waals surface area contributed by atoms with Crippen LogP contribution >= 0.6 is 9.24 Å². The zero-order valence-corrected chi connectivity index (χ0v) is 12.5. The summed E-state index contributed by atoms with van der Waals surface area (Å²) in [6, 6.07) is 0. The normalized spacial score (nSPS) is 11.3. The average molecular weight is 218 g/mol. The molecule has 0 spiro atoms. The lowest BCUT2D eigenvalue weighted by molar-refractivity contribution is 0.524. The van der Waals surface area contributed by atoms with Gasteiger partial charge in [-0.2, -0.15) is 0 Å². The van der Waals surface area contributed by atoms with E-state index in [1.807, 2.05) is 27.7 Å². The van der Waals surface area contributed by atoms with Crippen molar-refractivity contribution in [1.29, 1.82) is 0 Å². The summed E-state index contributed by atoms with van der Waals surface area (Å²) in [6.45, 7) is 14.8. The summed E-state index contributed by atoms with van der Waals surface area (Å²) in [5, 5.41) is 0. The molecule has 14 heavy (non-hydrogen) atoms. The first-order valence-corrected chi connectivity index (χ1v) is 6.47. The van der Waals surface area contributed by atoms with Gasteiger partial charge in [0.2, 0.25) is 0 Å². The van der Waals surface area contributed by atoms with Crippen LogP contribution in [0.4, 0.5) is 0 Å². The Morgan fingerprint density at radius 3 is 1.29 bits per heavy atom. The van der Waals surface area contributed by atoms with Crippen molar-refractivity contribution in [3.63, 3.8) is 0 Å². The molecule has 88 valence electrons. The molecular formula is C13H31P. The molecule has 0 radical (unpaired) electrons. The van der Waals surface area contributed by atoms with Gasteiger partial charge >= 0.3 is 0 Å². The van der Waals surface area contributed by atoms with Gasteiger partial charge in [0.15, 0.2) is 0 Å². The quantitative estimate of drug-likeness (QED) is 0.462. The van der Waals surface area contributed by atoms with Crippen molar-refractivity contribution in [2.45, 2.75) is 67.0 Å². The summed E-state index contributed by atoms with van der Waals surface area (Å²) < 4.78 is 0. The molecule has 0 aromatic carbocycles. The van der Waals surface area contributed by atoms with Gasteiger partial charge in [-0.15, -0.1) is 22.1 Å². The summed E-state index contributed by atoms with van der Waals surface area (Å²) in [4.78, 5) is 0. The summed E-state index contributed by atoms with van der Waals surface area (Å²) >= 11 is 0. The van der Waals surface area contributed by atoms with Gasteiger partial charge in [0, 0.05) is 0 Å². The minimum atomic E-state index is 0.833. The Labute approximate surface area is 95.5 Å². The SMILES string of the molecule is C#C.CC.CC.CCC(C)C(P)CC. The van der Waals surface area contributed by atoms with Crippen molar-refractivity contribution >= 4 is 9.24 Å². The first-order valence-electron chi connectivity index (χ1n) is 5.81. The molecule has 0 nitrogen and oxygen atoms in total. The van der Waals surface area contributed by atoms with Crippen molar-refractivity contribution in [1.82, 2.24) is 0 Å². The van der Waals surface area contributed by atoms with Crippen LogP contribution in [0.5, 0.6) is 0 Å². The Kier molecular flexibility index (Phi) is 49.4. The van der Waals surface area contributed by atoms with E-state index in [0.29, 0.717) is 0 Å². The van der Waals surface area contributed by atoms with Crippen LogP contribution in [0, 0.1) is 18.8 Å². The largest absolute Gasteiger partial charge is 0.134 e. The zero-order valence-electron chi connectivity index (χ0n) is 11.3. The van der Waals surface area contributed by atoms with Gasteiger partial charge in [-0.1, -0.05) is 54.9 Å². The van der Waals surface area contributed by atoms with Gasteiger partial charge in [0.25, 0.3) is 0 Å². The van der Waals surface area contributed by atoms with E-state index in [2.05, 4.69) is 42.9 Å². The van der Waals surface area contributed by atoms with Crippen LogP contribution in [0.15, 0.2) is 0 Å². The Bertz CT molecular complexity index is 68.5. The van der Waals surface area contributed by atoms with Crippen LogP contribution in [0.2, 0.25) is 0 Å². The third kappa shape index (κ3) is 22.7. The van der Waals surface area contributed by atoms with E-state index in [-0.39, 0.29) is 0 Å². The number of rotatable bonds is 3. The zero-order chi connectivity index (χ0) is 12.6. The molecule has 1 heteroatoms. The fourth-order valence-electron chi connectivity index (χ4n) is 0.705. The third-order valence-corrected chi connectivity index (χ3v) is 2.97. The van der Waals surface area contributed by atoms with Crippen LogP contribution in [-0.4, -0.2) is 5.66 Å². The summed E-state index contributed by atoms with van der Waals surface area (Å²) in [6.07, 6.45) is 10.6. The van der Waals surface area contributed by atoms with Crippen molar-refractivity contribution in [2.24, 2.45) is 5.92 Å². The van der Waals surface area contributed by atoms with E-state index in [0.717, 1.165) is 11.6 Å². The van der Waals surface area contributed by atoms with E-state index >= 15 is 0 Å². The van der Waals surface area contributed by atoms with Crippen LogP contribution in [0.25, 0.3) is 0 Å². The molecule has 0 aliphatic heterocycles. The average Bonchev–Trinajstić information content (AvgIpc) is 2.34. The highest BCUT2D eigenvalue weighted by molar-refractivity contribution is 7.17. The highest BCUT2D eigenvalue weighted by Gasteiger charge is 2.05. The standard InChI is InChI=1S/C7H17P.2C2H6.C2H2/c1-4-6(3)7(8)5-2;3*1-2/h6-7H,4-5,8H2,1-3H3;2*1-2H3;1-2H. The molecule has 0 bridgehead atoms. The molecule has 0 N–H and O–H groups in total. The molecule has 0 rings (SSSR count). The van der Waals surface area contributed by atoms with Crippen molar-refractivity contribution < 1.29 is 0 Å². The molecule has 3 atom stereocenters.